The average Bonchev–Trinajstić information content (AvgIpc) is 2.87. The summed E-state index contributed by atoms with van der Waals surface area (Å²) in [5, 5.41) is 3.79. The second-order valence-corrected chi connectivity index (χ2v) is 8.79. The number of halogens is 5. The molecule has 0 saturated heterocycles. The molecule has 36 heavy (non-hydrogen) atoms. The van der Waals surface area contributed by atoms with Gasteiger partial charge in [0.25, 0.3) is 0 Å². The molecule has 4 aromatic rings. The molecule has 0 aliphatic carbocycles. The molecule has 1 unspecified atom stereocenters. The topological polar surface area (TPSA) is 34.1 Å². The number of alkyl halides is 3. The van der Waals surface area contributed by atoms with E-state index in [9.17, 15) is 17.6 Å². The molecular weight excluding hydrogens is 492 g/mol. The molecule has 0 radical (unpaired) electrons. The number of nitrogens with zero attached hydrogens (tertiary/aromatic N) is 1. The molecule has 186 valence electrons. The van der Waals surface area contributed by atoms with Crippen LogP contribution < -0.4 is 10.1 Å². The monoisotopic (exact) mass is 514 g/mol. The van der Waals surface area contributed by atoms with Gasteiger partial charge in [-0.15, -0.1) is 0 Å². The van der Waals surface area contributed by atoms with E-state index in [1.165, 1.54) is 6.20 Å². The molecule has 8 heteroatoms. The minimum atomic E-state index is -4.72. The third kappa shape index (κ3) is 5.86. The van der Waals surface area contributed by atoms with Crippen LogP contribution in [-0.2, 0) is 24.7 Å². The molecule has 0 aliphatic rings. The van der Waals surface area contributed by atoms with Crippen LogP contribution in [0, 0.1) is 5.82 Å². The van der Waals surface area contributed by atoms with Crippen molar-refractivity contribution in [1.29, 1.82) is 0 Å². The Balaban J connectivity index is 1.90. The largest absolute Gasteiger partial charge is 0.497 e. The molecular formula is C28H23ClF4N2O. The number of hydrogen-bond acceptors (Lipinski definition) is 3. The lowest BCUT2D eigenvalue weighted by Gasteiger charge is -2.36. The van der Waals surface area contributed by atoms with Gasteiger partial charge >= 0.3 is 6.18 Å². The molecule has 1 aromatic heterocycles. The van der Waals surface area contributed by atoms with E-state index < -0.39 is 23.1 Å². The smallest absolute Gasteiger partial charge is 0.416 e. The fourth-order valence-electron chi connectivity index (χ4n) is 4.12. The van der Waals surface area contributed by atoms with Crippen molar-refractivity contribution in [2.24, 2.45) is 0 Å². The maximum atomic E-state index is 14.7. The molecule has 3 aromatic carbocycles. The van der Waals surface area contributed by atoms with Crippen LogP contribution in [0.25, 0.3) is 0 Å². The maximum absolute atomic E-state index is 14.7. The molecule has 3 nitrogen and oxygen atoms in total. The Kier molecular flexibility index (Phi) is 7.62. The van der Waals surface area contributed by atoms with Gasteiger partial charge in [-0.2, -0.15) is 13.2 Å². The highest BCUT2D eigenvalue weighted by molar-refractivity contribution is 6.30. The van der Waals surface area contributed by atoms with E-state index >= 15 is 0 Å². The summed E-state index contributed by atoms with van der Waals surface area (Å²) in [4.78, 5) is 4.47. The summed E-state index contributed by atoms with van der Waals surface area (Å²) in [6.07, 6.45) is -3.09. The zero-order chi connectivity index (χ0) is 25.8. The van der Waals surface area contributed by atoms with Gasteiger partial charge in [-0.1, -0.05) is 54.1 Å². The van der Waals surface area contributed by atoms with Crippen LogP contribution in [-0.4, -0.2) is 12.1 Å². The quantitative estimate of drug-likeness (QED) is 0.253. The van der Waals surface area contributed by atoms with Gasteiger partial charge in [0.1, 0.15) is 11.6 Å². The van der Waals surface area contributed by atoms with Crippen molar-refractivity contribution >= 4 is 11.6 Å². The summed E-state index contributed by atoms with van der Waals surface area (Å²) in [6, 6.07) is 22.4. The van der Waals surface area contributed by atoms with Gasteiger partial charge in [-0.25, -0.2) is 4.39 Å². The Hall–Kier alpha value is -3.42. The molecule has 0 saturated carbocycles. The van der Waals surface area contributed by atoms with Crippen LogP contribution in [0.3, 0.4) is 0 Å². The van der Waals surface area contributed by atoms with Crippen LogP contribution in [0.2, 0.25) is 5.02 Å². The van der Waals surface area contributed by atoms with Crippen molar-refractivity contribution in [3.8, 4) is 5.75 Å². The minimum Gasteiger partial charge on any atom is -0.497 e. The van der Waals surface area contributed by atoms with E-state index in [0.29, 0.717) is 22.5 Å². The lowest BCUT2D eigenvalue weighted by atomic mass is 9.79. The fourth-order valence-corrected chi connectivity index (χ4v) is 4.23. The van der Waals surface area contributed by atoms with E-state index in [4.69, 9.17) is 16.3 Å². The normalized spacial score (nSPS) is 13.3. The molecule has 1 N–H and O–H groups in total. The Morgan fingerprint density at radius 3 is 2.17 bits per heavy atom. The third-order valence-corrected chi connectivity index (χ3v) is 6.17. The first-order chi connectivity index (χ1) is 17.2. The summed E-state index contributed by atoms with van der Waals surface area (Å²) in [6.45, 7) is 0.263. The number of aromatic nitrogens is 1. The number of rotatable bonds is 8. The Morgan fingerprint density at radius 1 is 0.861 bits per heavy atom. The van der Waals surface area contributed by atoms with Crippen LogP contribution in [0.15, 0.2) is 91.1 Å². The van der Waals surface area contributed by atoms with E-state index in [2.05, 4.69) is 10.3 Å². The number of nitrogens with one attached hydrogen (secondary N) is 1. The first-order valence-electron chi connectivity index (χ1n) is 11.1. The van der Waals surface area contributed by atoms with Gasteiger partial charge < -0.3 is 4.74 Å². The first kappa shape index (κ1) is 25.7. The predicted molar refractivity (Wildman–Crippen MR) is 131 cm³/mol. The average molecular weight is 515 g/mol. The SMILES string of the molecule is COc1ccc(CNC(Cc2ccccc2)(c2cc(F)cc(C(F)(F)F)c2)c2ccc(Cl)cn2)cc1. The van der Waals surface area contributed by atoms with E-state index in [-0.39, 0.29) is 18.5 Å². The molecule has 0 fully saturated rings. The Labute approximate surface area is 211 Å². The van der Waals surface area contributed by atoms with Gasteiger partial charge in [0.15, 0.2) is 0 Å². The fraction of sp³-hybridized carbons (Fsp3) is 0.179. The Morgan fingerprint density at radius 2 is 1.56 bits per heavy atom. The van der Waals surface area contributed by atoms with Gasteiger partial charge in [0.2, 0.25) is 0 Å². The third-order valence-electron chi connectivity index (χ3n) is 5.95. The predicted octanol–water partition coefficient (Wildman–Crippen LogP) is 7.18. The summed E-state index contributed by atoms with van der Waals surface area (Å²) in [7, 11) is 1.56. The van der Waals surface area contributed by atoms with Crippen molar-refractivity contribution < 1.29 is 22.3 Å². The molecule has 0 amide bonds. The molecule has 0 bridgehead atoms. The molecule has 0 aliphatic heterocycles. The molecule has 1 heterocycles. The van der Waals surface area contributed by atoms with Gasteiger partial charge in [0, 0.05) is 19.2 Å². The van der Waals surface area contributed by atoms with Crippen molar-refractivity contribution in [2.75, 3.05) is 7.11 Å². The van der Waals surface area contributed by atoms with E-state index in [1.54, 1.807) is 31.4 Å². The second-order valence-electron chi connectivity index (χ2n) is 8.36. The standard InChI is InChI=1S/C28H23ClF4N2O/c1-36-25-10-7-20(8-11-25)17-35-27(16-19-5-3-2-4-6-19,26-12-9-23(29)18-34-26)21-13-22(28(31,32)33)15-24(30)14-21/h2-15,18,35H,16-17H2,1H3. The van der Waals surface area contributed by atoms with Gasteiger partial charge in [-0.05, 0) is 59.2 Å². The zero-order valence-corrected chi connectivity index (χ0v) is 20.1. The number of hydrogen-bond donors (Lipinski definition) is 1. The van der Waals surface area contributed by atoms with Crippen molar-refractivity contribution in [2.45, 2.75) is 24.7 Å². The minimum absolute atomic E-state index is 0.0991. The van der Waals surface area contributed by atoms with Gasteiger partial charge in [0.05, 0.1) is 28.9 Å². The Bertz CT molecular complexity index is 1300. The maximum Gasteiger partial charge on any atom is 0.416 e. The number of pyridine rings is 1. The highest BCUT2D eigenvalue weighted by Gasteiger charge is 2.39. The van der Waals surface area contributed by atoms with E-state index in [0.717, 1.165) is 23.3 Å². The van der Waals surface area contributed by atoms with Crippen LogP contribution in [0.5, 0.6) is 5.75 Å². The van der Waals surface area contributed by atoms with Crippen molar-refractivity contribution in [3.63, 3.8) is 0 Å². The number of methoxy groups -OCH3 is 1. The summed E-state index contributed by atoms with van der Waals surface area (Å²) < 4.78 is 61.0. The zero-order valence-electron chi connectivity index (χ0n) is 19.3. The summed E-state index contributed by atoms with van der Waals surface area (Å²) in [5.74, 6) is -0.314. The lowest BCUT2D eigenvalue weighted by molar-refractivity contribution is -0.137. The van der Waals surface area contributed by atoms with Crippen molar-refractivity contribution in [3.05, 3.63) is 130 Å². The van der Waals surface area contributed by atoms with Crippen molar-refractivity contribution in [1.82, 2.24) is 10.3 Å². The van der Waals surface area contributed by atoms with Gasteiger partial charge in [-0.3, -0.25) is 10.3 Å². The van der Waals surface area contributed by atoms with Crippen LogP contribution >= 0.6 is 11.6 Å². The number of benzene rings is 3. The molecule has 4 rings (SSSR count). The van der Waals surface area contributed by atoms with E-state index in [1.807, 2.05) is 42.5 Å². The summed E-state index contributed by atoms with van der Waals surface area (Å²) in [5.41, 5.74) is -0.197. The highest BCUT2D eigenvalue weighted by atomic mass is 35.5. The molecule has 0 spiro atoms. The lowest BCUT2D eigenvalue weighted by Crippen LogP contribution is -2.46. The van der Waals surface area contributed by atoms with Crippen LogP contribution in [0.4, 0.5) is 17.6 Å². The summed E-state index contributed by atoms with van der Waals surface area (Å²) >= 11 is 6.08. The first-order valence-corrected chi connectivity index (χ1v) is 11.5. The van der Waals surface area contributed by atoms with Crippen LogP contribution in [0.1, 0.15) is 27.9 Å². The second kappa shape index (κ2) is 10.7. The highest BCUT2D eigenvalue weighted by Crippen LogP contribution is 2.38. The number of ether oxygens (including phenoxy) is 1. The molecule has 1 atom stereocenters.